The number of ether oxygens (including phenoxy) is 4. The molecule has 0 saturated carbocycles. The highest BCUT2D eigenvalue weighted by atomic mass is 16.5. The third-order valence-electron chi connectivity index (χ3n) is 4.20. The van der Waals surface area contributed by atoms with Crippen molar-refractivity contribution >= 4 is 11.9 Å². The second-order valence-electron chi connectivity index (χ2n) is 6.07. The minimum Gasteiger partial charge on any atom is -0.493 e. The molecule has 0 aliphatic carbocycles. The quantitative estimate of drug-likeness (QED) is 0.666. The van der Waals surface area contributed by atoms with E-state index in [1.54, 1.807) is 24.3 Å². The van der Waals surface area contributed by atoms with Gasteiger partial charge in [0.15, 0.2) is 18.1 Å². The van der Waals surface area contributed by atoms with Crippen LogP contribution in [0.3, 0.4) is 0 Å². The van der Waals surface area contributed by atoms with E-state index in [0.717, 1.165) is 5.56 Å². The summed E-state index contributed by atoms with van der Waals surface area (Å²) in [5, 5.41) is 2.82. The molecule has 2 aromatic rings. The van der Waals surface area contributed by atoms with Crippen molar-refractivity contribution in [3.8, 4) is 17.2 Å². The topological polar surface area (TPSA) is 83.1 Å². The van der Waals surface area contributed by atoms with Crippen LogP contribution in [0.15, 0.2) is 42.5 Å². The Morgan fingerprint density at radius 1 is 0.964 bits per heavy atom. The predicted octanol–water partition coefficient (Wildman–Crippen LogP) is 2.81. The lowest BCUT2D eigenvalue weighted by Crippen LogP contribution is -2.34. The van der Waals surface area contributed by atoms with E-state index in [4.69, 9.17) is 18.9 Å². The van der Waals surface area contributed by atoms with Crippen LogP contribution in [0.25, 0.3) is 0 Å². The Morgan fingerprint density at radius 3 is 2.32 bits per heavy atom. The molecular formula is C21H25NO6. The molecule has 0 saturated heterocycles. The first-order valence-corrected chi connectivity index (χ1v) is 8.75. The first kappa shape index (κ1) is 21.1. The van der Waals surface area contributed by atoms with Crippen LogP contribution in [-0.2, 0) is 14.3 Å². The van der Waals surface area contributed by atoms with Gasteiger partial charge in [0.25, 0.3) is 5.91 Å². The van der Waals surface area contributed by atoms with Crippen molar-refractivity contribution in [1.82, 2.24) is 5.32 Å². The lowest BCUT2D eigenvalue weighted by atomic mass is 10.0. The lowest BCUT2D eigenvalue weighted by molar-refractivity contribution is -0.141. The second-order valence-corrected chi connectivity index (χ2v) is 6.07. The SMILES string of the molecule is COC(=O)C[C@H](NC(=O)COc1ccccc1C)c1ccc(OC)c(OC)c1. The molecule has 1 N–H and O–H groups in total. The summed E-state index contributed by atoms with van der Waals surface area (Å²) >= 11 is 0. The number of rotatable bonds is 9. The summed E-state index contributed by atoms with van der Waals surface area (Å²) < 4.78 is 20.9. The van der Waals surface area contributed by atoms with E-state index in [0.29, 0.717) is 22.8 Å². The van der Waals surface area contributed by atoms with Gasteiger partial charge in [0.1, 0.15) is 5.75 Å². The summed E-state index contributed by atoms with van der Waals surface area (Å²) in [7, 11) is 4.36. The molecule has 2 aromatic carbocycles. The van der Waals surface area contributed by atoms with Gasteiger partial charge in [0.2, 0.25) is 0 Å². The monoisotopic (exact) mass is 387 g/mol. The van der Waals surface area contributed by atoms with Gasteiger partial charge >= 0.3 is 5.97 Å². The highest BCUT2D eigenvalue weighted by molar-refractivity contribution is 5.79. The molecule has 0 spiro atoms. The fourth-order valence-electron chi connectivity index (χ4n) is 2.67. The molecule has 0 unspecified atom stereocenters. The summed E-state index contributed by atoms with van der Waals surface area (Å²) in [6, 6.07) is 12.0. The molecule has 0 aliphatic heterocycles. The Labute approximate surface area is 164 Å². The first-order chi connectivity index (χ1) is 13.5. The molecule has 1 amide bonds. The molecule has 1 atom stereocenters. The van der Waals surface area contributed by atoms with Gasteiger partial charge in [-0.15, -0.1) is 0 Å². The van der Waals surface area contributed by atoms with Gasteiger partial charge in [-0.25, -0.2) is 0 Å². The van der Waals surface area contributed by atoms with Gasteiger partial charge in [-0.2, -0.15) is 0 Å². The van der Waals surface area contributed by atoms with E-state index < -0.39 is 12.0 Å². The second kappa shape index (κ2) is 10.2. The number of benzene rings is 2. The lowest BCUT2D eigenvalue weighted by Gasteiger charge is -2.20. The van der Waals surface area contributed by atoms with Crippen molar-refractivity contribution in [2.45, 2.75) is 19.4 Å². The van der Waals surface area contributed by atoms with Crippen molar-refractivity contribution < 1.29 is 28.5 Å². The van der Waals surface area contributed by atoms with Gasteiger partial charge in [-0.3, -0.25) is 9.59 Å². The van der Waals surface area contributed by atoms with Crippen LogP contribution in [0.1, 0.15) is 23.6 Å². The number of carbonyl (C=O) groups is 2. The van der Waals surface area contributed by atoms with Gasteiger partial charge in [0.05, 0.1) is 33.8 Å². The minimum atomic E-state index is -0.597. The van der Waals surface area contributed by atoms with E-state index in [-0.39, 0.29) is 18.9 Å². The standard InChI is InChI=1S/C21H25NO6/c1-14-7-5-6-8-17(14)28-13-20(23)22-16(12-21(24)27-4)15-9-10-18(25-2)19(11-15)26-3/h5-11,16H,12-13H2,1-4H3,(H,22,23)/t16-/m0/s1. The first-order valence-electron chi connectivity index (χ1n) is 8.75. The Balaban J connectivity index is 2.13. The average Bonchev–Trinajstić information content (AvgIpc) is 2.71. The van der Waals surface area contributed by atoms with Gasteiger partial charge in [-0.1, -0.05) is 24.3 Å². The molecule has 7 heteroatoms. The summed E-state index contributed by atoms with van der Waals surface area (Å²) in [6.07, 6.45) is -0.0257. The highest BCUT2D eigenvalue weighted by Gasteiger charge is 2.21. The molecule has 0 aliphatic rings. The van der Waals surface area contributed by atoms with Crippen LogP contribution >= 0.6 is 0 Å². The zero-order valence-corrected chi connectivity index (χ0v) is 16.5. The van der Waals surface area contributed by atoms with Crippen LogP contribution in [-0.4, -0.2) is 39.8 Å². The number of hydrogen-bond acceptors (Lipinski definition) is 6. The number of hydrogen-bond donors (Lipinski definition) is 1. The number of esters is 1. The van der Waals surface area contributed by atoms with E-state index in [9.17, 15) is 9.59 Å². The Kier molecular flexibility index (Phi) is 7.68. The maximum absolute atomic E-state index is 12.4. The zero-order chi connectivity index (χ0) is 20.5. The van der Waals surface area contributed by atoms with Gasteiger partial charge in [-0.05, 0) is 36.2 Å². The highest BCUT2D eigenvalue weighted by Crippen LogP contribution is 2.31. The average molecular weight is 387 g/mol. The van der Waals surface area contributed by atoms with E-state index >= 15 is 0 Å². The maximum atomic E-state index is 12.4. The van der Waals surface area contributed by atoms with Crippen molar-refractivity contribution in [2.24, 2.45) is 0 Å². The molecule has 2 rings (SSSR count). The summed E-state index contributed by atoms with van der Waals surface area (Å²) in [6.45, 7) is 1.73. The predicted molar refractivity (Wildman–Crippen MR) is 104 cm³/mol. The largest absolute Gasteiger partial charge is 0.493 e. The molecule has 0 fully saturated rings. The molecular weight excluding hydrogens is 362 g/mol. The van der Waals surface area contributed by atoms with Crippen molar-refractivity contribution in [3.05, 3.63) is 53.6 Å². The molecule has 7 nitrogen and oxygen atoms in total. The number of aryl methyl sites for hydroxylation is 1. The van der Waals surface area contributed by atoms with E-state index in [1.165, 1.54) is 21.3 Å². The molecule has 28 heavy (non-hydrogen) atoms. The fraction of sp³-hybridized carbons (Fsp3) is 0.333. The number of amides is 1. The van der Waals surface area contributed by atoms with Crippen molar-refractivity contribution in [2.75, 3.05) is 27.9 Å². The summed E-state index contributed by atoms with van der Waals surface area (Å²) in [5.74, 6) is 0.887. The molecule has 0 heterocycles. The van der Waals surface area contributed by atoms with Crippen LogP contribution in [0.5, 0.6) is 17.2 Å². The van der Waals surface area contributed by atoms with Crippen LogP contribution < -0.4 is 19.5 Å². The van der Waals surface area contributed by atoms with E-state index in [1.807, 2.05) is 25.1 Å². The van der Waals surface area contributed by atoms with Crippen molar-refractivity contribution in [3.63, 3.8) is 0 Å². The van der Waals surface area contributed by atoms with E-state index in [2.05, 4.69) is 5.32 Å². The zero-order valence-electron chi connectivity index (χ0n) is 16.5. The fourth-order valence-corrected chi connectivity index (χ4v) is 2.67. The molecule has 0 bridgehead atoms. The minimum absolute atomic E-state index is 0.0257. The smallest absolute Gasteiger partial charge is 0.307 e. The van der Waals surface area contributed by atoms with Crippen LogP contribution in [0, 0.1) is 6.92 Å². The number of carbonyl (C=O) groups excluding carboxylic acids is 2. The number of para-hydroxylation sites is 1. The Morgan fingerprint density at radius 2 is 1.68 bits per heavy atom. The van der Waals surface area contributed by atoms with Crippen molar-refractivity contribution in [1.29, 1.82) is 0 Å². The third kappa shape index (κ3) is 5.64. The van der Waals surface area contributed by atoms with Crippen LogP contribution in [0.4, 0.5) is 0 Å². The number of nitrogens with one attached hydrogen (secondary N) is 1. The van der Waals surface area contributed by atoms with Crippen LogP contribution in [0.2, 0.25) is 0 Å². The molecule has 0 radical (unpaired) electrons. The molecule has 0 aromatic heterocycles. The maximum Gasteiger partial charge on any atom is 0.307 e. The normalized spacial score (nSPS) is 11.3. The third-order valence-corrected chi connectivity index (χ3v) is 4.20. The van der Waals surface area contributed by atoms with Gasteiger partial charge < -0.3 is 24.3 Å². The number of methoxy groups -OCH3 is 3. The van der Waals surface area contributed by atoms with Gasteiger partial charge in [0, 0.05) is 0 Å². The Bertz CT molecular complexity index is 820. The summed E-state index contributed by atoms with van der Waals surface area (Å²) in [5.41, 5.74) is 1.62. The molecule has 150 valence electrons. The summed E-state index contributed by atoms with van der Waals surface area (Å²) in [4.78, 5) is 24.2. The Hall–Kier alpha value is -3.22.